The summed E-state index contributed by atoms with van der Waals surface area (Å²) in [6.07, 6.45) is 0.721. The zero-order valence-corrected chi connectivity index (χ0v) is 6.54. The molecule has 4 nitrogen and oxygen atoms in total. The average molecular weight is 159 g/mol. The van der Waals surface area contributed by atoms with Crippen LogP contribution in [0.4, 0.5) is 4.79 Å². The zero-order valence-electron chi connectivity index (χ0n) is 6.54. The Morgan fingerprint density at radius 2 is 2.64 bits per heavy atom. The van der Waals surface area contributed by atoms with Crippen LogP contribution >= 0.6 is 0 Å². The maximum Gasteiger partial charge on any atom is 0.407 e. The third-order valence-electron chi connectivity index (χ3n) is 1.75. The largest absolute Gasteiger partial charge is 0.447 e. The minimum Gasteiger partial charge on any atom is -0.447 e. The van der Waals surface area contributed by atoms with Gasteiger partial charge in [-0.3, -0.25) is 0 Å². The fraction of sp³-hybridized carbons (Fsp3) is 0.857. The summed E-state index contributed by atoms with van der Waals surface area (Å²) in [7, 11) is 0. The maximum atomic E-state index is 10.5. The Morgan fingerprint density at radius 3 is 3.09 bits per heavy atom. The lowest BCUT2D eigenvalue weighted by Gasteiger charge is -2.13. The lowest BCUT2D eigenvalue weighted by molar-refractivity contribution is 0.116. The first-order valence-electron chi connectivity index (χ1n) is 3.85. The number of hydrogen-bond donors (Lipinski definition) is 2. The van der Waals surface area contributed by atoms with Crippen molar-refractivity contribution in [1.29, 1.82) is 0 Å². The van der Waals surface area contributed by atoms with Crippen molar-refractivity contribution >= 4 is 6.09 Å². The van der Waals surface area contributed by atoms with E-state index >= 15 is 0 Å². The minimum absolute atomic E-state index is 0.206. The Balaban J connectivity index is 2.30. The van der Waals surface area contributed by atoms with Crippen molar-refractivity contribution in [2.75, 3.05) is 6.61 Å². The standard InChI is InChI=1S/C7H13NO3/c1-2-3-6(9)5-4-11-7(10)8-5/h5-6,9H,2-4H2,1H3,(H,8,10). The van der Waals surface area contributed by atoms with Gasteiger partial charge in [-0.2, -0.15) is 0 Å². The first-order chi connectivity index (χ1) is 5.24. The van der Waals surface area contributed by atoms with Gasteiger partial charge in [0.15, 0.2) is 0 Å². The fourth-order valence-electron chi connectivity index (χ4n) is 1.10. The molecule has 1 saturated heterocycles. The van der Waals surface area contributed by atoms with E-state index in [1.54, 1.807) is 0 Å². The summed E-state index contributed by atoms with van der Waals surface area (Å²) in [4.78, 5) is 10.5. The molecule has 0 aromatic rings. The molecule has 0 radical (unpaired) electrons. The number of cyclic esters (lactones) is 1. The van der Waals surface area contributed by atoms with Gasteiger partial charge >= 0.3 is 6.09 Å². The number of amides is 1. The number of aliphatic hydroxyl groups excluding tert-OH is 1. The van der Waals surface area contributed by atoms with Crippen LogP contribution in [0.15, 0.2) is 0 Å². The van der Waals surface area contributed by atoms with E-state index in [1.165, 1.54) is 0 Å². The molecule has 1 fully saturated rings. The molecule has 2 unspecified atom stereocenters. The number of alkyl carbamates (subject to hydrolysis) is 1. The van der Waals surface area contributed by atoms with Gasteiger partial charge in [-0.25, -0.2) is 4.79 Å². The van der Waals surface area contributed by atoms with Gasteiger partial charge < -0.3 is 15.2 Å². The number of carbonyl (C=O) groups excluding carboxylic acids is 1. The number of ether oxygens (including phenoxy) is 1. The van der Waals surface area contributed by atoms with Crippen LogP contribution < -0.4 is 5.32 Å². The molecular formula is C7H13NO3. The van der Waals surface area contributed by atoms with E-state index < -0.39 is 12.2 Å². The van der Waals surface area contributed by atoms with E-state index in [-0.39, 0.29) is 6.04 Å². The van der Waals surface area contributed by atoms with Gasteiger partial charge in [0, 0.05) is 0 Å². The van der Waals surface area contributed by atoms with Crippen molar-refractivity contribution in [3.8, 4) is 0 Å². The third kappa shape index (κ3) is 2.08. The predicted octanol–water partition coefficient (Wildman–Crippen LogP) is 0.256. The molecule has 1 rings (SSSR count). The molecule has 1 aliphatic rings. The smallest absolute Gasteiger partial charge is 0.407 e. The van der Waals surface area contributed by atoms with Crippen molar-refractivity contribution in [2.24, 2.45) is 0 Å². The second kappa shape index (κ2) is 3.57. The highest BCUT2D eigenvalue weighted by atomic mass is 16.6. The summed E-state index contributed by atoms with van der Waals surface area (Å²) in [6.45, 7) is 2.28. The summed E-state index contributed by atoms with van der Waals surface area (Å²) >= 11 is 0. The number of aliphatic hydroxyl groups is 1. The summed E-state index contributed by atoms with van der Waals surface area (Å²) in [5, 5.41) is 11.9. The number of carbonyl (C=O) groups is 1. The Morgan fingerprint density at radius 1 is 1.91 bits per heavy atom. The molecule has 1 amide bonds. The maximum absolute atomic E-state index is 10.5. The SMILES string of the molecule is CCCC(O)C1COC(=O)N1. The van der Waals surface area contributed by atoms with Crippen LogP contribution in [0, 0.1) is 0 Å². The molecule has 11 heavy (non-hydrogen) atoms. The van der Waals surface area contributed by atoms with Crippen molar-refractivity contribution in [3.63, 3.8) is 0 Å². The molecule has 0 aliphatic carbocycles. The van der Waals surface area contributed by atoms with Crippen LogP contribution in [0.25, 0.3) is 0 Å². The molecule has 0 spiro atoms. The summed E-state index contributed by atoms with van der Waals surface area (Å²) in [5.74, 6) is 0. The highest BCUT2D eigenvalue weighted by Gasteiger charge is 2.27. The Kier molecular flexibility index (Phi) is 2.70. The van der Waals surface area contributed by atoms with Gasteiger partial charge in [-0.15, -0.1) is 0 Å². The van der Waals surface area contributed by atoms with Crippen molar-refractivity contribution in [2.45, 2.75) is 31.9 Å². The highest BCUT2D eigenvalue weighted by molar-refractivity contribution is 5.69. The van der Waals surface area contributed by atoms with E-state index in [1.807, 2.05) is 6.92 Å². The van der Waals surface area contributed by atoms with Gasteiger partial charge in [0.2, 0.25) is 0 Å². The normalized spacial score (nSPS) is 26.0. The van der Waals surface area contributed by atoms with E-state index in [0.717, 1.165) is 6.42 Å². The summed E-state index contributed by atoms with van der Waals surface area (Å²) in [5.41, 5.74) is 0. The topological polar surface area (TPSA) is 58.6 Å². The van der Waals surface area contributed by atoms with Crippen LogP contribution in [0.5, 0.6) is 0 Å². The van der Waals surface area contributed by atoms with Gasteiger partial charge in [0.1, 0.15) is 6.61 Å². The first-order valence-corrected chi connectivity index (χ1v) is 3.85. The van der Waals surface area contributed by atoms with E-state index in [9.17, 15) is 9.90 Å². The van der Waals surface area contributed by atoms with E-state index in [2.05, 4.69) is 10.1 Å². The molecular weight excluding hydrogens is 146 g/mol. The number of hydrogen-bond acceptors (Lipinski definition) is 3. The quantitative estimate of drug-likeness (QED) is 0.620. The molecule has 0 aromatic heterocycles. The lowest BCUT2D eigenvalue weighted by Crippen LogP contribution is -2.37. The highest BCUT2D eigenvalue weighted by Crippen LogP contribution is 2.07. The third-order valence-corrected chi connectivity index (χ3v) is 1.75. The van der Waals surface area contributed by atoms with Crippen molar-refractivity contribution < 1.29 is 14.6 Å². The van der Waals surface area contributed by atoms with E-state index in [0.29, 0.717) is 13.0 Å². The lowest BCUT2D eigenvalue weighted by atomic mass is 10.1. The molecule has 4 heteroatoms. The molecule has 2 N–H and O–H groups in total. The number of nitrogens with one attached hydrogen (secondary N) is 1. The molecule has 64 valence electrons. The second-order valence-corrected chi connectivity index (χ2v) is 2.71. The second-order valence-electron chi connectivity index (χ2n) is 2.71. The van der Waals surface area contributed by atoms with Crippen LogP contribution in [0.3, 0.4) is 0 Å². The molecule has 2 atom stereocenters. The van der Waals surface area contributed by atoms with Crippen molar-refractivity contribution in [1.82, 2.24) is 5.32 Å². The minimum atomic E-state index is -0.466. The molecule has 0 aromatic carbocycles. The Labute approximate surface area is 65.5 Å². The zero-order chi connectivity index (χ0) is 8.27. The summed E-state index contributed by atoms with van der Waals surface area (Å²) in [6, 6.07) is -0.206. The Bertz CT molecular complexity index is 149. The molecule has 1 heterocycles. The van der Waals surface area contributed by atoms with Gasteiger partial charge in [0.25, 0.3) is 0 Å². The molecule has 0 bridgehead atoms. The van der Waals surface area contributed by atoms with Gasteiger partial charge in [-0.05, 0) is 6.42 Å². The fourth-order valence-corrected chi connectivity index (χ4v) is 1.10. The van der Waals surface area contributed by atoms with E-state index in [4.69, 9.17) is 0 Å². The monoisotopic (exact) mass is 159 g/mol. The van der Waals surface area contributed by atoms with Crippen LogP contribution in [0.2, 0.25) is 0 Å². The first kappa shape index (κ1) is 8.33. The van der Waals surface area contributed by atoms with Crippen LogP contribution in [-0.2, 0) is 4.74 Å². The predicted molar refractivity (Wildman–Crippen MR) is 39.2 cm³/mol. The van der Waals surface area contributed by atoms with Gasteiger partial charge in [0.05, 0.1) is 12.1 Å². The molecule has 1 aliphatic heterocycles. The average Bonchev–Trinajstić information content (AvgIpc) is 2.36. The van der Waals surface area contributed by atoms with Crippen LogP contribution in [0.1, 0.15) is 19.8 Å². The van der Waals surface area contributed by atoms with Gasteiger partial charge in [-0.1, -0.05) is 13.3 Å². The summed E-state index contributed by atoms with van der Waals surface area (Å²) < 4.78 is 4.62. The number of rotatable bonds is 3. The Hall–Kier alpha value is -0.770. The van der Waals surface area contributed by atoms with Crippen molar-refractivity contribution in [3.05, 3.63) is 0 Å². The molecule has 0 saturated carbocycles. The van der Waals surface area contributed by atoms with Crippen LogP contribution in [-0.4, -0.2) is 30.0 Å².